The molecule has 2 aromatic rings. The Labute approximate surface area is 128 Å². The van der Waals surface area contributed by atoms with E-state index in [0.29, 0.717) is 11.7 Å². The summed E-state index contributed by atoms with van der Waals surface area (Å²) >= 11 is 0. The fraction of sp³-hybridized carbons (Fsp3) is 0.375. The average molecular weight is 302 g/mol. The number of carbonyl (C=O) groups is 1. The Balaban J connectivity index is 1.80. The van der Waals surface area contributed by atoms with E-state index in [1.165, 1.54) is 12.1 Å². The van der Waals surface area contributed by atoms with Crippen LogP contribution in [0.25, 0.3) is 5.69 Å². The van der Waals surface area contributed by atoms with Gasteiger partial charge in [0.1, 0.15) is 11.5 Å². The number of hydrogen-bond acceptors (Lipinski definition) is 3. The van der Waals surface area contributed by atoms with Gasteiger partial charge < -0.3 is 10.2 Å². The van der Waals surface area contributed by atoms with E-state index >= 15 is 0 Å². The quantitative estimate of drug-likeness (QED) is 0.941. The minimum absolute atomic E-state index is 0.0311. The fourth-order valence-electron chi connectivity index (χ4n) is 2.79. The van der Waals surface area contributed by atoms with Gasteiger partial charge in [-0.1, -0.05) is 0 Å². The number of carbonyl (C=O) groups excluding carboxylic acids is 1. The Bertz CT molecular complexity index is 644. The molecule has 1 aromatic heterocycles. The lowest BCUT2D eigenvalue weighted by atomic mass is 10.1. The standard InChI is InChI=1S/C16H19FN4O/c1-18-13-6-8-20(9-7-13)16(22)15-10-19-11-21(15)14-4-2-12(17)3-5-14/h2-5,10-11,13,18H,6-9H2,1H3. The highest BCUT2D eigenvalue weighted by atomic mass is 19.1. The maximum absolute atomic E-state index is 13.0. The molecule has 116 valence electrons. The zero-order valence-corrected chi connectivity index (χ0v) is 12.5. The molecule has 0 radical (unpaired) electrons. The molecule has 2 heterocycles. The molecule has 1 aliphatic rings. The molecule has 1 aliphatic heterocycles. The first-order chi connectivity index (χ1) is 10.7. The summed E-state index contributed by atoms with van der Waals surface area (Å²) in [4.78, 5) is 18.6. The van der Waals surface area contributed by atoms with Crippen LogP contribution in [0.2, 0.25) is 0 Å². The van der Waals surface area contributed by atoms with Crippen molar-refractivity contribution >= 4 is 5.91 Å². The summed E-state index contributed by atoms with van der Waals surface area (Å²) in [7, 11) is 1.95. The summed E-state index contributed by atoms with van der Waals surface area (Å²) in [5.74, 6) is -0.331. The molecule has 0 aliphatic carbocycles. The van der Waals surface area contributed by atoms with Gasteiger partial charge in [-0.05, 0) is 44.2 Å². The molecule has 0 unspecified atom stereocenters. The minimum atomic E-state index is -0.300. The first-order valence-corrected chi connectivity index (χ1v) is 7.44. The molecule has 1 aromatic carbocycles. The van der Waals surface area contributed by atoms with Crippen LogP contribution >= 0.6 is 0 Å². The lowest BCUT2D eigenvalue weighted by molar-refractivity contribution is 0.0699. The minimum Gasteiger partial charge on any atom is -0.337 e. The molecule has 1 saturated heterocycles. The lowest BCUT2D eigenvalue weighted by Crippen LogP contribution is -2.44. The van der Waals surface area contributed by atoms with Crippen molar-refractivity contribution in [3.8, 4) is 5.69 Å². The van der Waals surface area contributed by atoms with E-state index in [2.05, 4.69) is 10.3 Å². The molecule has 1 amide bonds. The van der Waals surface area contributed by atoms with Gasteiger partial charge in [-0.25, -0.2) is 9.37 Å². The van der Waals surface area contributed by atoms with Gasteiger partial charge in [0.25, 0.3) is 5.91 Å². The number of piperidine rings is 1. The molecule has 1 fully saturated rings. The Morgan fingerprint density at radius 3 is 2.59 bits per heavy atom. The average Bonchev–Trinajstić information content (AvgIpc) is 3.04. The first kappa shape index (κ1) is 14.7. The Hall–Kier alpha value is -2.21. The third kappa shape index (κ3) is 2.87. The number of amides is 1. The largest absolute Gasteiger partial charge is 0.337 e. The highest BCUT2D eigenvalue weighted by Crippen LogP contribution is 2.17. The molecule has 22 heavy (non-hydrogen) atoms. The van der Waals surface area contributed by atoms with Gasteiger partial charge in [0.2, 0.25) is 0 Å². The van der Waals surface area contributed by atoms with E-state index in [-0.39, 0.29) is 11.7 Å². The summed E-state index contributed by atoms with van der Waals surface area (Å²) in [6, 6.07) is 6.51. The summed E-state index contributed by atoms with van der Waals surface area (Å²) in [5, 5.41) is 3.25. The van der Waals surface area contributed by atoms with Crippen LogP contribution in [0, 0.1) is 5.82 Å². The zero-order chi connectivity index (χ0) is 15.5. The van der Waals surface area contributed by atoms with E-state index in [4.69, 9.17) is 0 Å². The second kappa shape index (κ2) is 6.27. The van der Waals surface area contributed by atoms with E-state index < -0.39 is 0 Å². The van der Waals surface area contributed by atoms with Crippen LogP contribution in [0.3, 0.4) is 0 Å². The first-order valence-electron chi connectivity index (χ1n) is 7.44. The summed E-state index contributed by atoms with van der Waals surface area (Å²) in [5.41, 5.74) is 1.24. The smallest absolute Gasteiger partial charge is 0.272 e. The van der Waals surface area contributed by atoms with Crippen LogP contribution in [0.1, 0.15) is 23.3 Å². The van der Waals surface area contributed by atoms with Crippen LogP contribution in [0.15, 0.2) is 36.8 Å². The summed E-state index contributed by atoms with van der Waals surface area (Å²) < 4.78 is 14.7. The van der Waals surface area contributed by atoms with Gasteiger partial charge in [0.05, 0.1) is 12.5 Å². The topological polar surface area (TPSA) is 50.2 Å². The highest BCUT2D eigenvalue weighted by molar-refractivity contribution is 5.93. The normalized spacial score (nSPS) is 16.0. The van der Waals surface area contributed by atoms with Crippen molar-refractivity contribution in [2.45, 2.75) is 18.9 Å². The lowest BCUT2D eigenvalue weighted by Gasteiger charge is -2.31. The van der Waals surface area contributed by atoms with Gasteiger partial charge in [-0.15, -0.1) is 0 Å². The Kier molecular flexibility index (Phi) is 4.20. The number of nitrogens with zero attached hydrogens (tertiary/aromatic N) is 3. The molecule has 0 bridgehead atoms. The van der Waals surface area contributed by atoms with Crippen molar-refractivity contribution in [2.75, 3.05) is 20.1 Å². The second-order valence-electron chi connectivity index (χ2n) is 5.48. The number of aromatic nitrogens is 2. The van der Waals surface area contributed by atoms with Gasteiger partial charge in [0.15, 0.2) is 0 Å². The van der Waals surface area contributed by atoms with Gasteiger partial charge in [-0.3, -0.25) is 9.36 Å². The number of hydrogen-bond donors (Lipinski definition) is 1. The third-order valence-corrected chi connectivity index (χ3v) is 4.15. The third-order valence-electron chi connectivity index (χ3n) is 4.15. The van der Waals surface area contributed by atoms with Crippen molar-refractivity contribution < 1.29 is 9.18 Å². The highest BCUT2D eigenvalue weighted by Gasteiger charge is 2.25. The summed E-state index contributed by atoms with van der Waals surface area (Å²) in [6.45, 7) is 1.47. The molecule has 0 atom stereocenters. The number of nitrogens with one attached hydrogen (secondary N) is 1. The molecule has 6 heteroatoms. The van der Waals surface area contributed by atoms with Crippen LogP contribution in [-0.4, -0.2) is 46.5 Å². The van der Waals surface area contributed by atoms with Crippen LogP contribution < -0.4 is 5.32 Å². The fourth-order valence-corrected chi connectivity index (χ4v) is 2.79. The number of imidazole rings is 1. The maximum atomic E-state index is 13.0. The van der Waals surface area contributed by atoms with Crippen LogP contribution in [0.5, 0.6) is 0 Å². The molecule has 0 saturated carbocycles. The monoisotopic (exact) mass is 302 g/mol. The molecular weight excluding hydrogens is 283 g/mol. The maximum Gasteiger partial charge on any atom is 0.272 e. The summed E-state index contributed by atoms with van der Waals surface area (Å²) in [6.07, 6.45) is 5.05. The molecule has 3 rings (SSSR count). The van der Waals surface area contributed by atoms with Gasteiger partial charge in [-0.2, -0.15) is 0 Å². The number of rotatable bonds is 3. The van der Waals surface area contributed by atoms with E-state index in [9.17, 15) is 9.18 Å². The van der Waals surface area contributed by atoms with Crippen LogP contribution in [-0.2, 0) is 0 Å². The Morgan fingerprint density at radius 2 is 1.95 bits per heavy atom. The van der Waals surface area contributed by atoms with E-state index in [0.717, 1.165) is 31.6 Å². The van der Waals surface area contributed by atoms with Gasteiger partial charge >= 0.3 is 0 Å². The van der Waals surface area contributed by atoms with Crippen molar-refractivity contribution in [3.63, 3.8) is 0 Å². The predicted molar refractivity (Wildman–Crippen MR) is 81.5 cm³/mol. The van der Waals surface area contributed by atoms with Crippen LogP contribution in [0.4, 0.5) is 4.39 Å². The number of halogens is 1. The van der Waals surface area contributed by atoms with Crippen molar-refractivity contribution in [1.29, 1.82) is 0 Å². The SMILES string of the molecule is CNC1CCN(C(=O)c2cncn2-c2ccc(F)cc2)CC1. The van der Waals surface area contributed by atoms with E-state index in [1.807, 2.05) is 11.9 Å². The zero-order valence-electron chi connectivity index (χ0n) is 12.5. The Morgan fingerprint density at radius 1 is 1.27 bits per heavy atom. The number of likely N-dealkylation sites (tertiary alicyclic amines) is 1. The second-order valence-corrected chi connectivity index (χ2v) is 5.48. The van der Waals surface area contributed by atoms with Crippen molar-refractivity contribution in [1.82, 2.24) is 19.8 Å². The predicted octanol–water partition coefficient (Wildman–Crippen LogP) is 1.84. The van der Waals surface area contributed by atoms with Crippen molar-refractivity contribution in [3.05, 3.63) is 48.3 Å². The number of benzene rings is 1. The van der Waals surface area contributed by atoms with Gasteiger partial charge in [0, 0.05) is 24.8 Å². The van der Waals surface area contributed by atoms with E-state index in [1.54, 1.807) is 29.2 Å². The van der Waals surface area contributed by atoms with Crippen molar-refractivity contribution in [2.24, 2.45) is 0 Å². The molecule has 0 spiro atoms. The molecule has 5 nitrogen and oxygen atoms in total. The molecular formula is C16H19FN4O. The molecule has 1 N–H and O–H groups in total.